The van der Waals surface area contributed by atoms with Crippen LogP contribution in [0.25, 0.3) is 0 Å². The summed E-state index contributed by atoms with van der Waals surface area (Å²) in [6.07, 6.45) is 23.5. The van der Waals surface area contributed by atoms with Crippen molar-refractivity contribution in [3.05, 3.63) is 24.3 Å². The maximum Gasteiger partial charge on any atom is 0.330 e. The van der Waals surface area contributed by atoms with Crippen molar-refractivity contribution < 1.29 is 26.6 Å². The second-order valence-electron chi connectivity index (χ2n) is 5.63. The van der Waals surface area contributed by atoms with E-state index in [1.54, 1.807) is 6.08 Å². The molecule has 130 valence electrons. The van der Waals surface area contributed by atoms with E-state index in [-0.39, 0.29) is 23.0 Å². The minimum atomic E-state index is -0.297. The number of unbranched alkanes of at least 4 members (excludes halogenated alkanes) is 11. The molecule has 0 aromatic rings. The van der Waals surface area contributed by atoms with Crippen LogP contribution >= 0.6 is 0 Å². The van der Waals surface area contributed by atoms with Gasteiger partial charge in [0.25, 0.3) is 0 Å². The molecular formula is C19H34FeO2. The fourth-order valence-corrected chi connectivity index (χ4v) is 2.30. The second-order valence-corrected chi connectivity index (χ2v) is 5.63. The van der Waals surface area contributed by atoms with Crippen LogP contribution in [0.15, 0.2) is 24.3 Å². The van der Waals surface area contributed by atoms with Crippen LogP contribution in [0.4, 0.5) is 0 Å². The molecule has 0 aliphatic rings. The number of carbonyl (C=O) groups is 1. The number of hydrogen-bond donors (Lipinski definition) is 0. The third-order valence-corrected chi connectivity index (χ3v) is 3.66. The van der Waals surface area contributed by atoms with Crippen LogP contribution in [0.1, 0.15) is 84.0 Å². The molecule has 0 spiro atoms. The Bertz CT molecular complexity index is 285. The quantitative estimate of drug-likeness (QED) is 0.127. The number of rotatable bonds is 14. The van der Waals surface area contributed by atoms with E-state index in [0.717, 1.165) is 6.42 Å². The van der Waals surface area contributed by atoms with Crippen LogP contribution in [-0.2, 0) is 26.6 Å². The van der Waals surface area contributed by atoms with Gasteiger partial charge in [0.1, 0.15) is 0 Å². The van der Waals surface area contributed by atoms with Gasteiger partial charge in [0.05, 0.1) is 7.11 Å². The smallest absolute Gasteiger partial charge is 0.330 e. The molecule has 0 bridgehead atoms. The molecule has 0 rings (SSSR count). The topological polar surface area (TPSA) is 26.3 Å². The number of esters is 1. The van der Waals surface area contributed by atoms with Gasteiger partial charge in [-0.2, -0.15) is 0 Å². The molecule has 0 saturated carbocycles. The SMILES string of the molecule is CCCCCCCCCCCCCC=CC=CC(=O)OC.[Fe]. The normalized spacial score (nSPS) is 11.0. The van der Waals surface area contributed by atoms with Gasteiger partial charge < -0.3 is 4.74 Å². The summed E-state index contributed by atoms with van der Waals surface area (Å²) >= 11 is 0. The van der Waals surface area contributed by atoms with Crippen LogP contribution in [0, 0.1) is 0 Å². The first kappa shape index (κ1) is 23.7. The van der Waals surface area contributed by atoms with Gasteiger partial charge in [-0.25, -0.2) is 4.79 Å². The van der Waals surface area contributed by atoms with E-state index >= 15 is 0 Å². The Hall–Kier alpha value is -0.531. The third kappa shape index (κ3) is 19.5. The molecule has 0 fully saturated rings. The van der Waals surface area contributed by atoms with Crippen LogP contribution < -0.4 is 0 Å². The largest absolute Gasteiger partial charge is 0.466 e. The van der Waals surface area contributed by atoms with Gasteiger partial charge in [-0.15, -0.1) is 0 Å². The molecule has 0 N–H and O–H groups in total. The molecule has 2 nitrogen and oxygen atoms in total. The zero-order valence-corrected chi connectivity index (χ0v) is 15.6. The van der Waals surface area contributed by atoms with E-state index in [4.69, 9.17) is 0 Å². The average molecular weight is 350 g/mol. The molecule has 0 radical (unpaired) electrons. The van der Waals surface area contributed by atoms with Crippen LogP contribution in [-0.4, -0.2) is 13.1 Å². The van der Waals surface area contributed by atoms with Crippen molar-refractivity contribution in [1.29, 1.82) is 0 Å². The maximum absolute atomic E-state index is 10.8. The molecule has 0 aliphatic carbocycles. The van der Waals surface area contributed by atoms with E-state index in [1.165, 1.54) is 83.8 Å². The predicted molar refractivity (Wildman–Crippen MR) is 91.4 cm³/mol. The van der Waals surface area contributed by atoms with Crippen molar-refractivity contribution in [2.24, 2.45) is 0 Å². The van der Waals surface area contributed by atoms with Gasteiger partial charge in [0.2, 0.25) is 0 Å². The molecule has 0 aliphatic heterocycles. The van der Waals surface area contributed by atoms with Crippen molar-refractivity contribution in [3.63, 3.8) is 0 Å². The van der Waals surface area contributed by atoms with Gasteiger partial charge in [0.15, 0.2) is 0 Å². The van der Waals surface area contributed by atoms with E-state index in [0.29, 0.717) is 0 Å². The van der Waals surface area contributed by atoms with Gasteiger partial charge in [-0.3, -0.25) is 0 Å². The molecule has 0 saturated heterocycles. The van der Waals surface area contributed by atoms with Crippen LogP contribution in [0.2, 0.25) is 0 Å². The summed E-state index contributed by atoms with van der Waals surface area (Å²) in [6, 6.07) is 0. The van der Waals surface area contributed by atoms with Crippen molar-refractivity contribution in [3.8, 4) is 0 Å². The van der Waals surface area contributed by atoms with Crippen molar-refractivity contribution >= 4 is 5.97 Å². The zero-order chi connectivity index (χ0) is 15.6. The first-order valence-electron chi connectivity index (χ1n) is 8.72. The summed E-state index contributed by atoms with van der Waals surface area (Å²) in [5, 5.41) is 0. The van der Waals surface area contributed by atoms with Gasteiger partial charge in [-0.05, 0) is 12.8 Å². The van der Waals surface area contributed by atoms with Crippen LogP contribution in [0.5, 0.6) is 0 Å². The summed E-state index contributed by atoms with van der Waals surface area (Å²) in [5.41, 5.74) is 0. The molecular weight excluding hydrogens is 316 g/mol. The van der Waals surface area contributed by atoms with E-state index in [9.17, 15) is 4.79 Å². The Kier molecular flexibility index (Phi) is 22.1. The standard InChI is InChI=1S/C19H34O2.Fe/c1-3-4-5-6-7-8-9-10-11-12-13-14-15-16-17-18-19(20)21-2;/h15-18H,3-14H2,1-2H3;. The first-order chi connectivity index (χ1) is 10.3. The molecule has 0 unspecified atom stereocenters. The first-order valence-corrected chi connectivity index (χ1v) is 8.72. The Morgan fingerprint density at radius 2 is 1.32 bits per heavy atom. The average Bonchev–Trinajstić information content (AvgIpc) is 2.50. The zero-order valence-electron chi connectivity index (χ0n) is 14.5. The second kappa shape index (κ2) is 20.5. The molecule has 3 heteroatoms. The molecule has 0 aromatic heterocycles. The number of ether oxygens (including phenoxy) is 1. The fraction of sp³-hybridized carbons (Fsp3) is 0.737. The summed E-state index contributed by atoms with van der Waals surface area (Å²) in [4.78, 5) is 10.8. The van der Waals surface area contributed by atoms with E-state index < -0.39 is 0 Å². The number of methoxy groups -OCH3 is 1. The van der Waals surface area contributed by atoms with Gasteiger partial charge in [-0.1, -0.05) is 89.4 Å². The number of carbonyl (C=O) groups excluding carboxylic acids is 1. The minimum absolute atomic E-state index is 0. The monoisotopic (exact) mass is 350 g/mol. The van der Waals surface area contributed by atoms with Crippen molar-refractivity contribution in [1.82, 2.24) is 0 Å². The van der Waals surface area contributed by atoms with Crippen LogP contribution in [0.3, 0.4) is 0 Å². The minimum Gasteiger partial charge on any atom is -0.466 e. The Labute approximate surface area is 148 Å². The molecule has 0 heterocycles. The maximum atomic E-state index is 10.8. The Morgan fingerprint density at radius 3 is 1.82 bits per heavy atom. The Balaban J connectivity index is 0. The van der Waals surface area contributed by atoms with Crippen molar-refractivity contribution in [2.75, 3.05) is 7.11 Å². The number of allylic oxidation sites excluding steroid dienone is 3. The molecule has 0 aromatic carbocycles. The van der Waals surface area contributed by atoms with E-state index in [2.05, 4.69) is 17.7 Å². The van der Waals surface area contributed by atoms with Gasteiger partial charge >= 0.3 is 5.97 Å². The number of hydrogen-bond acceptors (Lipinski definition) is 2. The molecule has 22 heavy (non-hydrogen) atoms. The van der Waals surface area contributed by atoms with Gasteiger partial charge in [0, 0.05) is 23.1 Å². The summed E-state index contributed by atoms with van der Waals surface area (Å²) < 4.78 is 4.51. The summed E-state index contributed by atoms with van der Waals surface area (Å²) in [7, 11) is 1.39. The molecule has 0 amide bonds. The fourth-order valence-electron chi connectivity index (χ4n) is 2.30. The van der Waals surface area contributed by atoms with E-state index in [1.807, 2.05) is 6.08 Å². The predicted octanol–water partition coefficient (Wildman–Crippen LogP) is 5.97. The summed E-state index contributed by atoms with van der Waals surface area (Å²) in [6.45, 7) is 2.27. The van der Waals surface area contributed by atoms with Crippen molar-refractivity contribution in [2.45, 2.75) is 84.0 Å². The summed E-state index contributed by atoms with van der Waals surface area (Å²) in [5.74, 6) is -0.297. The molecule has 0 atom stereocenters. The Morgan fingerprint density at radius 1 is 0.818 bits per heavy atom. The third-order valence-electron chi connectivity index (χ3n) is 3.66.